The molecule has 3 aromatic rings. The van der Waals surface area contributed by atoms with E-state index in [1.54, 1.807) is 25.1 Å². The summed E-state index contributed by atoms with van der Waals surface area (Å²) >= 11 is 0. The Balaban J connectivity index is 1.53. The molecule has 0 saturated heterocycles. The molecular weight excluding hydrogens is 398 g/mol. The van der Waals surface area contributed by atoms with Gasteiger partial charge < -0.3 is 24.5 Å². The van der Waals surface area contributed by atoms with Crippen molar-refractivity contribution in [1.29, 1.82) is 0 Å². The first-order valence-corrected chi connectivity index (χ1v) is 9.85. The number of aromatic nitrogens is 1. The third kappa shape index (κ3) is 6.68. The van der Waals surface area contributed by atoms with Gasteiger partial charge in [-0.05, 0) is 37.3 Å². The van der Waals surface area contributed by atoms with E-state index < -0.39 is 0 Å². The number of nitrogens with zero attached hydrogens (tertiary/aromatic N) is 1. The van der Waals surface area contributed by atoms with Crippen LogP contribution in [-0.4, -0.2) is 37.1 Å². The number of aryl methyl sites for hydroxylation is 1. The lowest BCUT2D eigenvalue weighted by atomic mass is 10.2. The van der Waals surface area contributed by atoms with Crippen LogP contribution in [-0.2, 0) is 20.9 Å². The number of para-hydroxylation sites is 1. The molecule has 1 heterocycles. The lowest BCUT2D eigenvalue weighted by Crippen LogP contribution is -2.24. The number of methoxy groups -OCH3 is 1. The van der Waals surface area contributed by atoms with E-state index in [0.29, 0.717) is 35.2 Å². The van der Waals surface area contributed by atoms with Crippen molar-refractivity contribution in [2.24, 2.45) is 0 Å². The van der Waals surface area contributed by atoms with E-state index in [4.69, 9.17) is 13.9 Å². The molecule has 1 aromatic heterocycles. The minimum absolute atomic E-state index is 0.0252. The SMILES string of the molecule is COCC(=O)Nc1cccc(-c2nc(CNC(=O)CCOc3ccccc3)c(C)o2)c1. The highest BCUT2D eigenvalue weighted by Crippen LogP contribution is 2.24. The van der Waals surface area contributed by atoms with Gasteiger partial charge in [0.15, 0.2) is 0 Å². The maximum Gasteiger partial charge on any atom is 0.250 e. The molecule has 0 radical (unpaired) electrons. The molecule has 0 bridgehead atoms. The van der Waals surface area contributed by atoms with Gasteiger partial charge in [0.05, 0.1) is 19.6 Å². The van der Waals surface area contributed by atoms with Crippen molar-refractivity contribution in [3.63, 3.8) is 0 Å². The predicted octanol–water partition coefficient (Wildman–Crippen LogP) is 3.32. The number of carbonyl (C=O) groups is 2. The smallest absolute Gasteiger partial charge is 0.250 e. The molecule has 0 fully saturated rings. The van der Waals surface area contributed by atoms with Crippen LogP contribution in [0, 0.1) is 6.92 Å². The first-order chi connectivity index (χ1) is 15.0. The van der Waals surface area contributed by atoms with Gasteiger partial charge in [-0.1, -0.05) is 24.3 Å². The number of carbonyl (C=O) groups excluding carboxylic acids is 2. The highest BCUT2D eigenvalue weighted by Gasteiger charge is 2.13. The van der Waals surface area contributed by atoms with Crippen LogP contribution in [0.15, 0.2) is 59.0 Å². The fourth-order valence-electron chi connectivity index (χ4n) is 2.82. The Kier molecular flexibility index (Phi) is 7.78. The average Bonchev–Trinajstić information content (AvgIpc) is 3.14. The largest absolute Gasteiger partial charge is 0.493 e. The van der Waals surface area contributed by atoms with Crippen LogP contribution in [0.5, 0.6) is 5.75 Å². The number of hydrogen-bond acceptors (Lipinski definition) is 6. The Morgan fingerprint density at radius 3 is 2.65 bits per heavy atom. The molecular formula is C23H25N3O5. The Labute approximate surface area is 180 Å². The highest BCUT2D eigenvalue weighted by molar-refractivity contribution is 5.92. The zero-order valence-electron chi connectivity index (χ0n) is 17.5. The normalized spacial score (nSPS) is 10.5. The molecule has 0 saturated carbocycles. The van der Waals surface area contributed by atoms with Crippen LogP contribution in [0.3, 0.4) is 0 Å². The summed E-state index contributed by atoms with van der Waals surface area (Å²) in [6, 6.07) is 16.5. The molecule has 2 amide bonds. The number of hydrogen-bond donors (Lipinski definition) is 2. The molecule has 3 rings (SSSR count). The van der Waals surface area contributed by atoms with Gasteiger partial charge in [-0.3, -0.25) is 9.59 Å². The van der Waals surface area contributed by atoms with Gasteiger partial charge in [0, 0.05) is 18.4 Å². The molecule has 0 unspecified atom stereocenters. The minimum atomic E-state index is -0.247. The summed E-state index contributed by atoms with van der Waals surface area (Å²) in [6.45, 7) is 2.31. The fraction of sp³-hybridized carbons (Fsp3) is 0.261. The maximum absolute atomic E-state index is 12.1. The monoisotopic (exact) mass is 423 g/mol. The van der Waals surface area contributed by atoms with Crippen LogP contribution >= 0.6 is 0 Å². The van der Waals surface area contributed by atoms with Gasteiger partial charge in [-0.15, -0.1) is 0 Å². The number of anilines is 1. The lowest BCUT2D eigenvalue weighted by Gasteiger charge is -2.06. The first kappa shape index (κ1) is 22.0. The van der Waals surface area contributed by atoms with Crippen LogP contribution in [0.25, 0.3) is 11.5 Å². The van der Waals surface area contributed by atoms with Crippen LogP contribution in [0.4, 0.5) is 5.69 Å². The van der Waals surface area contributed by atoms with Gasteiger partial charge in [0.2, 0.25) is 17.7 Å². The molecule has 0 aliphatic carbocycles. The van der Waals surface area contributed by atoms with Crippen molar-refractivity contribution in [2.75, 3.05) is 25.6 Å². The van der Waals surface area contributed by atoms with Gasteiger partial charge in [-0.2, -0.15) is 0 Å². The summed E-state index contributed by atoms with van der Waals surface area (Å²) in [6.07, 6.45) is 0.238. The van der Waals surface area contributed by atoms with Crippen molar-refractivity contribution in [1.82, 2.24) is 10.3 Å². The fourth-order valence-corrected chi connectivity index (χ4v) is 2.82. The summed E-state index contributed by atoms with van der Waals surface area (Å²) in [4.78, 5) is 28.3. The van der Waals surface area contributed by atoms with E-state index in [1.807, 2.05) is 36.4 Å². The highest BCUT2D eigenvalue weighted by atomic mass is 16.5. The summed E-state index contributed by atoms with van der Waals surface area (Å²) in [5.74, 6) is 1.38. The minimum Gasteiger partial charge on any atom is -0.493 e. The van der Waals surface area contributed by atoms with Crippen molar-refractivity contribution >= 4 is 17.5 Å². The summed E-state index contributed by atoms with van der Waals surface area (Å²) < 4.78 is 16.1. The second-order valence-corrected chi connectivity index (χ2v) is 6.77. The zero-order valence-corrected chi connectivity index (χ0v) is 17.5. The van der Waals surface area contributed by atoms with E-state index in [9.17, 15) is 9.59 Å². The number of amides is 2. The first-order valence-electron chi connectivity index (χ1n) is 9.85. The van der Waals surface area contributed by atoms with Crippen LogP contribution < -0.4 is 15.4 Å². The van der Waals surface area contributed by atoms with Gasteiger partial charge in [0.1, 0.15) is 23.8 Å². The molecule has 0 aliphatic heterocycles. The van der Waals surface area contributed by atoms with E-state index in [0.717, 1.165) is 5.75 Å². The Hall–Kier alpha value is -3.65. The zero-order chi connectivity index (χ0) is 22.1. The number of nitrogens with one attached hydrogen (secondary N) is 2. The van der Waals surface area contributed by atoms with Gasteiger partial charge >= 0.3 is 0 Å². The van der Waals surface area contributed by atoms with E-state index >= 15 is 0 Å². The third-order valence-electron chi connectivity index (χ3n) is 4.36. The molecule has 0 spiro atoms. The Morgan fingerprint density at radius 2 is 1.87 bits per heavy atom. The lowest BCUT2D eigenvalue weighted by molar-refractivity contribution is -0.122. The topological polar surface area (TPSA) is 103 Å². The second-order valence-electron chi connectivity index (χ2n) is 6.77. The number of ether oxygens (including phenoxy) is 2. The van der Waals surface area contributed by atoms with Crippen LogP contribution in [0.2, 0.25) is 0 Å². The third-order valence-corrected chi connectivity index (χ3v) is 4.36. The van der Waals surface area contributed by atoms with E-state index in [2.05, 4.69) is 15.6 Å². The Bertz CT molecular complexity index is 1020. The summed E-state index contributed by atoms with van der Waals surface area (Å²) in [5.41, 5.74) is 1.97. The average molecular weight is 423 g/mol. The molecule has 2 N–H and O–H groups in total. The second kappa shape index (κ2) is 10.9. The number of rotatable bonds is 10. The van der Waals surface area contributed by atoms with E-state index in [1.165, 1.54) is 7.11 Å². The molecule has 2 aromatic carbocycles. The van der Waals surface area contributed by atoms with Crippen molar-refractivity contribution in [2.45, 2.75) is 19.9 Å². The predicted molar refractivity (Wildman–Crippen MR) is 116 cm³/mol. The molecule has 8 nitrogen and oxygen atoms in total. The molecule has 0 atom stereocenters. The molecule has 162 valence electrons. The molecule has 31 heavy (non-hydrogen) atoms. The van der Waals surface area contributed by atoms with Gasteiger partial charge in [-0.25, -0.2) is 4.98 Å². The Morgan fingerprint density at radius 1 is 1.06 bits per heavy atom. The van der Waals surface area contributed by atoms with Gasteiger partial charge in [0.25, 0.3) is 0 Å². The summed E-state index contributed by atoms with van der Waals surface area (Å²) in [7, 11) is 1.46. The molecule has 8 heteroatoms. The molecule has 0 aliphatic rings. The van der Waals surface area contributed by atoms with Crippen molar-refractivity contribution in [3.8, 4) is 17.2 Å². The van der Waals surface area contributed by atoms with E-state index in [-0.39, 0.29) is 31.4 Å². The number of benzene rings is 2. The van der Waals surface area contributed by atoms with Crippen molar-refractivity contribution < 1.29 is 23.5 Å². The van der Waals surface area contributed by atoms with Crippen LogP contribution in [0.1, 0.15) is 17.9 Å². The number of oxazole rings is 1. The van der Waals surface area contributed by atoms with Crippen molar-refractivity contribution in [3.05, 3.63) is 66.1 Å². The standard InChI is InChI=1S/C23H25N3O5/c1-16-20(14-24-21(27)11-12-30-19-9-4-3-5-10-19)26-23(31-16)17-7-6-8-18(13-17)25-22(28)15-29-2/h3-10,13H,11-12,14-15H2,1-2H3,(H,24,27)(H,25,28). The summed E-state index contributed by atoms with van der Waals surface area (Å²) in [5, 5.41) is 5.57. The quantitative estimate of drug-likeness (QED) is 0.519. The maximum atomic E-state index is 12.1.